The first-order valence-electron chi connectivity index (χ1n) is 12.4. The van der Waals surface area contributed by atoms with Crippen molar-refractivity contribution in [3.8, 4) is 0 Å². The first-order valence-corrected chi connectivity index (χ1v) is 12.4. The van der Waals surface area contributed by atoms with Gasteiger partial charge < -0.3 is 5.11 Å². The highest BCUT2D eigenvalue weighted by atomic mass is 19.4. The summed E-state index contributed by atoms with van der Waals surface area (Å²) in [5.41, 5.74) is 0. The van der Waals surface area contributed by atoms with Crippen molar-refractivity contribution in [3.63, 3.8) is 0 Å². The Morgan fingerprint density at radius 1 is 0.190 bits per heavy atom. The van der Waals surface area contributed by atoms with E-state index in [-0.39, 0.29) is 0 Å². The lowest BCUT2D eigenvalue weighted by atomic mass is 9.82. The maximum Gasteiger partial charge on any atom is 0.460 e. The second kappa shape index (κ2) is 13.4. The number of aliphatic hydroxyl groups excluding tert-OH is 1. The molecular formula is C20H5F37O. The molecule has 0 unspecified atom stereocenters. The smallest absolute Gasteiger partial charge is 0.396 e. The van der Waals surface area contributed by atoms with Crippen LogP contribution in [0.1, 0.15) is 6.42 Å². The molecule has 1 nitrogen and oxygen atoms in total. The molecule has 350 valence electrons. The van der Waals surface area contributed by atoms with Crippen molar-refractivity contribution in [1.82, 2.24) is 0 Å². The van der Waals surface area contributed by atoms with Gasteiger partial charge in [0.05, 0.1) is 0 Å². The van der Waals surface area contributed by atoms with Gasteiger partial charge in [0.15, 0.2) is 0 Å². The Bertz CT molecular complexity index is 1470. The molecule has 0 aromatic carbocycles. The molecule has 38 heteroatoms. The van der Waals surface area contributed by atoms with Crippen LogP contribution in [0.3, 0.4) is 0 Å². The number of hydrogen-bond acceptors (Lipinski definition) is 1. The Hall–Kier alpha value is -2.63. The third kappa shape index (κ3) is 6.14. The van der Waals surface area contributed by atoms with E-state index in [0.29, 0.717) is 0 Å². The van der Waals surface area contributed by atoms with Crippen molar-refractivity contribution in [2.45, 2.75) is 113 Å². The van der Waals surface area contributed by atoms with Crippen LogP contribution in [0.2, 0.25) is 0 Å². The van der Waals surface area contributed by atoms with Crippen molar-refractivity contribution in [1.29, 1.82) is 0 Å². The van der Waals surface area contributed by atoms with Crippen LogP contribution >= 0.6 is 0 Å². The van der Waals surface area contributed by atoms with E-state index in [2.05, 4.69) is 0 Å². The molecule has 0 aromatic heterocycles. The number of aliphatic hydroxyl groups is 1. The van der Waals surface area contributed by atoms with Gasteiger partial charge >= 0.3 is 107 Å². The Labute approximate surface area is 289 Å². The summed E-state index contributed by atoms with van der Waals surface area (Å²) < 4.78 is 499. The van der Waals surface area contributed by atoms with Gasteiger partial charge in [-0.2, -0.15) is 162 Å². The Balaban J connectivity index is 7.86. The molecule has 0 fully saturated rings. The normalized spacial score (nSPS) is 17.3. The minimum absolute atomic E-state index is 2.64. The standard InChI is InChI=1S/C20H5F37O/c21-3(22,1-2-58)4(23,24)5(25,26)6(27,28)7(29,30)8(31,32)9(33,34)10(35,36)11(37,38)12(39,40)13(41,42)14(43,44)15(45,46)16(47,48)17(49,50)18(51,52)19(53,54)20(55,56)57/h58H,1-2H2. The Morgan fingerprint density at radius 2 is 0.310 bits per heavy atom. The average Bonchev–Trinajstić information content (AvgIpc) is 2.98. The predicted octanol–water partition coefficient (Wildman–Crippen LogP) is 11.7. The first-order chi connectivity index (χ1) is 24.3. The lowest BCUT2D eigenvalue weighted by Crippen LogP contribution is -2.80. The van der Waals surface area contributed by atoms with E-state index in [1.165, 1.54) is 0 Å². The fourth-order valence-corrected chi connectivity index (χ4v) is 3.47. The summed E-state index contributed by atoms with van der Waals surface area (Å²) in [6.07, 6.45) is -11.8. The summed E-state index contributed by atoms with van der Waals surface area (Å²) in [4.78, 5) is 0. The van der Waals surface area contributed by atoms with Gasteiger partial charge in [0, 0.05) is 13.0 Å². The van der Waals surface area contributed by atoms with Crippen LogP contribution in [0.5, 0.6) is 0 Å². The second-order valence-corrected chi connectivity index (χ2v) is 10.9. The summed E-state index contributed by atoms with van der Waals surface area (Å²) >= 11 is 0. The molecule has 0 aliphatic rings. The van der Waals surface area contributed by atoms with Gasteiger partial charge in [-0.3, -0.25) is 0 Å². The summed E-state index contributed by atoms with van der Waals surface area (Å²) in [7, 11) is 0. The lowest BCUT2D eigenvalue weighted by molar-refractivity contribution is -0.493. The molecule has 0 rings (SSSR count). The molecule has 0 spiro atoms. The fourth-order valence-electron chi connectivity index (χ4n) is 3.47. The molecule has 0 aromatic rings. The Kier molecular flexibility index (Phi) is 12.8. The third-order valence-corrected chi connectivity index (χ3v) is 7.16. The van der Waals surface area contributed by atoms with Gasteiger partial charge in [0.2, 0.25) is 0 Å². The fraction of sp³-hybridized carbons (Fsp3) is 1.00. The third-order valence-electron chi connectivity index (χ3n) is 7.16. The van der Waals surface area contributed by atoms with Gasteiger partial charge in [-0.15, -0.1) is 0 Å². The molecule has 0 atom stereocenters. The molecule has 0 amide bonds. The topological polar surface area (TPSA) is 20.2 Å². The van der Waals surface area contributed by atoms with Crippen molar-refractivity contribution in [3.05, 3.63) is 0 Å². The predicted molar refractivity (Wildman–Crippen MR) is 102 cm³/mol. The summed E-state index contributed by atoms with van der Waals surface area (Å²) in [5.74, 6) is -165. The molecule has 0 aliphatic heterocycles. The maximum absolute atomic E-state index is 13.9. The van der Waals surface area contributed by atoms with Gasteiger partial charge in [-0.05, 0) is 0 Å². The molecular weight excluding hydrogens is 959 g/mol. The molecule has 0 saturated heterocycles. The molecule has 0 aliphatic carbocycles. The molecule has 0 radical (unpaired) electrons. The first kappa shape index (κ1) is 55.4. The molecule has 0 saturated carbocycles. The van der Waals surface area contributed by atoms with Crippen LogP contribution in [0.25, 0.3) is 0 Å². The van der Waals surface area contributed by atoms with Gasteiger partial charge in [-0.25, -0.2) is 0 Å². The SMILES string of the molecule is OCCC(F)(F)C(F)(F)C(F)(F)C(F)(F)C(F)(F)C(F)(F)C(F)(F)C(F)(F)C(F)(F)C(F)(F)C(F)(F)C(F)(F)C(F)(F)C(F)(F)C(F)(F)C(F)(F)C(F)(F)C(F)(F)F. The van der Waals surface area contributed by atoms with Crippen LogP contribution in [0, 0.1) is 0 Å². The van der Waals surface area contributed by atoms with Crippen molar-refractivity contribution in [2.75, 3.05) is 6.61 Å². The zero-order valence-corrected chi connectivity index (χ0v) is 24.8. The van der Waals surface area contributed by atoms with E-state index in [1.54, 1.807) is 0 Å². The molecule has 58 heavy (non-hydrogen) atoms. The highest BCUT2D eigenvalue weighted by Crippen LogP contribution is 2.70. The minimum atomic E-state index is -10.4. The summed E-state index contributed by atoms with van der Waals surface area (Å²) in [6, 6.07) is 0. The number of alkyl halides is 37. The van der Waals surface area contributed by atoms with E-state index < -0.39 is 120 Å². The second-order valence-electron chi connectivity index (χ2n) is 10.9. The highest BCUT2D eigenvalue weighted by molar-refractivity contribution is 5.23. The highest BCUT2D eigenvalue weighted by Gasteiger charge is 3.02. The zero-order valence-electron chi connectivity index (χ0n) is 24.8. The monoisotopic (exact) mass is 964 g/mol. The van der Waals surface area contributed by atoms with Crippen LogP contribution in [-0.4, -0.2) is 119 Å². The van der Waals surface area contributed by atoms with E-state index in [4.69, 9.17) is 5.11 Å². The van der Waals surface area contributed by atoms with Crippen LogP contribution in [-0.2, 0) is 0 Å². The van der Waals surface area contributed by atoms with Crippen molar-refractivity contribution >= 4 is 0 Å². The van der Waals surface area contributed by atoms with E-state index in [0.717, 1.165) is 0 Å². The Morgan fingerprint density at radius 3 is 0.431 bits per heavy atom. The minimum Gasteiger partial charge on any atom is -0.396 e. The van der Waals surface area contributed by atoms with Gasteiger partial charge in [0.25, 0.3) is 0 Å². The number of hydrogen-bond donors (Lipinski definition) is 1. The van der Waals surface area contributed by atoms with E-state index in [9.17, 15) is 162 Å². The zero-order chi connectivity index (χ0) is 48.4. The molecule has 1 N–H and O–H groups in total. The lowest BCUT2D eigenvalue weighted by Gasteiger charge is -2.47. The number of halogens is 37. The van der Waals surface area contributed by atoms with Crippen LogP contribution in [0.4, 0.5) is 162 Å². The van der Waals surface area contributed by atoms with Gasteiger partial charge in [-0.1, -0.05) is 0 Å². The molecule has 0 heterocycles. The molecule has 0 bridgehead atoms. The van der Waals surface area contributed by atoms with Crippen LogP contribution in [0.15, 0.2) is 0 Å². The summed E-state index contributed by atoms with van der Waals surface area (Å²) in [5, 5.41) is 8.04. The largest absolute Gasteiger partial charge is 0.460 e. The number of rotatable bonds is 18. The van der Waals surface area contributed by atoms with Crippen molar-refractivity contribution < 1.29 is 168 Å². The van der Waals surface area contributed by atoms with Crippen molar-refractivity contribution in [2.24, 2.45) is 0 Å². The van der Waals surface area contributed by atoms with E-state index >= 15 is 0 Å². The van der Waals surface area contributed by atoms with E-state index in [1.807, 2.05) is 0 Å². The maximum atomic E-state index is 13.9. The quantitative estimate of drug-likeness (QED) is 0.136. The summed E-state index contributed by atoms with van der Waals surface area (Å²) in [6.45, 7) is -2.64. The van der Waals surface area contributed by atoms with Gasteiger partial charge in [0.1, 0.15) is 0 Å². The average molecular weight is 964 g/mol. The van der Waals surface area contributed by atoms with Crippen LogP contribution < -0.4 is 0 Å².